The summed E-state index contributed by atoms with van der Waals surface area (Å²) in [5.41, 5.74) is 7.32. The van der Waals surface area contributed by atoms with Gasteiger partial charge in [0.05, 0.1) is 5.69 Å². The smallest absolute Gasteiger partial charge is 0.226 e. The predicted octanol–water partition coefficient (Wildman–Crippen LogP) is 3.21. The van der Waals surface area contributed by atoms with Gasteiger partial charge in [0.1, 0.15) is 0 Å². The largest absolute Gasteiger partial charge is 0.330 e. The van der Waals surface area contributed by atoms with E-state index in [0.29, 0.717) is 24.5 Å². The second-order valence-corrected chi connectivity index (χ2v) is 5.94. The van der Waals surface area contributed by atoms with Crippen molar-refractivity contribution >= 4 is 34.1 Å². The summed E-state index contributed by atoms with van der Waals surface area (Å²) < 4.78 is 0. The van der Waals surface area contributed by atoms with Crippen molar-refractivity contribution in [3.63, 3.8) is 0 Å². The van der Waals surface area contributed by atoms with E-state index in [4.69, 9.17) is 5.73 Å². The third-order valence-corrected chi connectivity index (χ3v) is 4.25. The standard InChI is InChI=1S/C14H17N3OS2/c1-19-11-6-4-10(5-7-11)12-9-20-14(16-12)17-13(18)3-2-8-15/h4-7,9H,2-3,8,15H2,1H3,(H,16,17,18). The fourth-order valence-corrected chi connectivity index (χ4v) is 2.81. The number of thiazole rings is 1. The Morgan fingerprint density at radius 3 is 2.80 bits per heavy atom. The summed E-state index contributed by atoms with van der Waals surface area (Å²) in [4.78, 5) is 17.3. The first-order valence-electron chi connectivity index (χ1n) is 6.33. The molecule has 1 aromatic carbocycles. The van der Waals surface area contributed by atoms with Crippen molar-refractivity contribution in [2.24, 2.45) is 5.73 Å². The molecule has 0 radical (unpaired) electrons. The zero-order chi connectivity index (χ0) is 14.4. The zero-order valence-corrected chi connectivity index (χ0v) is 12.9. The molecule has 0 spiro atoms. The number of aromatic nitrogens is 1. The normalized spacial score (nSPS) is 10.5. The average Bonchev–Trinajstić information content (AvgIpc) is 2.93. The Bertz CT molecular complexity index is 566. The first-order valence-corrected chi connectivity index (χ1v) is 8.43. The van der Waals surface area contributed by atoms with Crippen molar-refractivity contribution in [3.8, 4) is 11.3 Å². The van der Waals surface area contributed by atoms with Crippen LogP contribution in [0, 0.1) is 0 Å². The van der Waals surface area contributed by atoms with E-state index in [2.05, 4.69) is 22.4 Å². The van der Waals surface area contributed by atoms with E-state index >= 15 is 0 Å². The van der Waals surface area contributed by atoms with Crippen LogP contribution in [-0.2, 0) is 4.79 Å². The number of nitrogens with one attached hydrogen (secondary N) is 1. The molecule has 0 saturated heterocycles. The van der Waals surface area contributed by atoms with Gasteiger partial charge in [-0.15, -0.1) is 23.1 Å². The van der Waals surface area contributed by atoms with E-state index < -0.39 is 0 Å². The van der Waals surface area contributed by atoms with Gasteiger partial charge in [0.2, 0.25) is 5.91 Å². The van der Waals surface area contributed by atoms with Crippen molar-refractivity contribution in [2.45, 2.75) is 17.7 Å². The van der Waals surface area contributed by atoms with Crippen molar-refractivity contribution < 1.29 is 4.79 Å². The van der Waals surface area contributed by atoms with E-state index in [9.17, 15) is 4.79 Å². The first-order chi connectivity index (χ1) is 9.72. The van der Waals surface area contributed by atoms with Crippen LogP contribution < -0.4 is 11.1 Å². The molecule has 0 aliphatic heterocycles. The molecule has 2 rings (SSSR count). The van der Waals surface area contributed by atoms with Crippen LogP contribution in [0.5, 0.6) is 0 Å². The monoisotopic (exact) mass is 307 g/mol. The van der Waals surface area contributed by atoms with Crippen LogP contribution in [0.25, 0.3) is 11.3 Å². The van der Waals surface area contributed by atoms with Crippen LogP contribution in [-0.4, -0.2) is 23.7 Å². The minimum atomic E-state index is -0.0333. The van der Waals surface area contributed by atoms with Gasteiger partial charge in [-0.3, -0.25) is 4.79 Å². The fourth-order valence-electron chi connectivity index (χ4n) is 1.67. The minimum absolute atomic E-state index is 0.0333. The summed E-state index contributed by atoms with van der Waals surface area (Å²) >= 11 is 3.15. The van der Waals surface area contributed by atoms with Gasteiger partial charge in [0.15, 0.2) is 5.13 Å². The number of nitrogens with two attached hydrogens (primary N) is 1. The van der Waals surface area contributed by atoms with Crippen molar-refractivity contribution in [3.05, 3.63) is 29.6 Å². The van der Waals surface area contributed by atoms with Gasteiger partial charge in [0.25, 0.3) is 0 Å². The molecule has 0 aliphatic carbocycles. The maximum atomic E-state index is 11.6. The molecule has 3 N–H and O–H groups in total. The van der Waals surface area contributed by atoms with Gasteiger partial charge in [-0.25, -0.2) is 4.98 Å². The number of nitrogens with zero attached hydrogens (tertiary/aromatic N) is 1. The van der Waals surface area contributed by atoms with E-state index in [1.54, 1.807) is 11.8 Å². The number of anilines is 1. The van der Waals surface area contributed by atoms with Crippen molar-refractivity contribution in [2.75, 3.05) is 18.1 Å². The molecule has 0 aliphatic rings. The summed E-state index contributed by atoms with van der Waals surface area (Å²) in [6.45, 7) is 0.526. The molecule has 1 aromatic heterocycles. The van der Waals surface area contributed by atoms with Crippen molar-refractivity contribution in [1.29, 1.82) is 0 Å². The summed E-state index contributed by atoms with van der Waals surface area (Å²) in [6, 6.07) is 8.22. The number of thioether (sulfide) groups is 1. The second-order valence-electron chi connectivity index (χ2n) is 4.21. The lowest BCUT2D eigenvalue weighted by molar-refractivity contribution is -0.116. The average molecular weight is 307 g/mol. The number of benzene rings is 1. The van der Waals surface area contributed by atoms with E-state index in [1.807, 2.05) is 23.8 Å². The molecule has 2 aromatic rings. The molecule has 0 fully saturated rings. The molecule has 1 amide bonds. The highest BCUT2D eigenvalue weighted by Gasteiger charge is 2.07. The Labute approximate surface area is 126 Å². The van der Waals surface area contributed by atoms with Crippen LogP contribution in [0.3, 0.4) is 0 Å². The third-order valence-electron chi connectivity index (χ3n) is 2.74. The minimum Gasteiger partial charge on any atom is -0.330 e. The molecule has 0 unspecified atom stereocenters. The van der Waals surface area contributed by atoms with Crippen LogP contribution in [0.1, 0.15) is 12.8 Å². The summed E-state index contributed by atoms with van der Waals surface area (Å²) in [5, 5.41) is 5.38. The molecule has 0 bridgehead atoms. The quantitative estimate of drug-likeness (QED) is 0.804. The SMILES string of the molecule is CSc1ccc(-c2csc(NC(=O)CCCN)n2)cc1. The lowest BCUT2D eigenvalue weighted by Gasteiger charge is -2.00. The molecule has 0 atom stereocenters. The number of rotatable bonds is 6. The first kappa shape index (κ1) is 15.0. The number of hydrogen-bond donors (Lipinski definition) is 2. The Morgan fingerprint density at radius 2 is 2.15 bits per heavy atom. The molecule has 0 saturated carbocycles. The topological polar surface area (TPSA) is 68.0 Å². The van der Waals surface area contributed by atoms with Gasteiger partial charge in [-0.1, -0.05) is 12.1 Å². The van der Waals surface area contributed by atoms with Gasteiger partial charge in [0, 0.05) is 22.3 Å². The van der Waals surface area contributed by atoms with Crippen LogP contribution in [0.4, 0.5) is 5.13 Å². The lowest BCUT2D eigenvalue weighted by Crippen LogP contribution is -2.13. The number of hydrogen-bond acceptors (Lipinski definition) is 5. The molecule has 20 heavy (non-hydrogen) atoms. The Balaban J connectivity index is 2.02. The van der Waals surface area contributed by atoms with Crippen LogP contribution in [0.15, 0.2) is 34.5 Å². The molecule has 4 nitrogen and oxygen atoms in total. The highest BCUT2D eigenvalue weighted by Crippen LogP contribution is 2.26. The number of carbonyl (C=O) groups is 1. The number of amides is 1. The van der Waals surface area contributed by atoms with Gasteiger partial charge in [-0.05, 0) is 31.4 Å². The van der Waals surface area contributed by atoms with Crippen molar-refractivity contribution in [1.82, 2.24) is 4.98 Å². The highest BCUT2D eigenvalue weighted by molar-refractivity contribution is 7.98. The maximum absolute atomic E-state index is 11.6. The lowest BCUT2D eigenvalue weighted by atomic mass is 10.2. The summed E-state index contributed by atoms with van der Waals surface area (Å²) in [6.07, 6.45) is 3.18. The van der Waals surface area contributed by atoms with E-state index in [-0.39, 0.29) is 5.91 Å². The van der Waals surface area contributed by atoms with E-state index in [0.717, 1.165) is 11.3 Å². The predicted molar refractivity (Wildman–Crippen MR) is 86.2 cm³/mol. The maximum Gasteiger partial charge on any atom is 0.226 e. The molecule has 6 heteroatoms. The Morgan fingerprint density at radius 1 is 1.40 bits per heavy atom. The van der Waals surface area contributed by atoms with Crippen LogP contribution >= 0.6 is 23.1 Å². The Kier molecular flexibility index (Phi) is 5.58. The summed E-state index contributed by atoms with van der Waals surface area (Å²) in [7, 11) is 0. The van der Waals surface area contributed by atoms with Gasteiger partial charge >= 0.3 is 0 Å². The van der Waals surface area contributed by atoms with E-state index in [1.165, 1.54) is 16.2 Å². The second kappa shape index (κ2) is 7.42. The molecule has 106 valence electrons. The number of carbonyl (C=O) groups excluding carboxylic acids is 1. The molecular weight excluding hydrogens is 290 g/mol. The molecular formula is C14H17N3OS2. The summed E-state index contributed by atoms with van der Waals surface area (Å²) in [5.74, 6) is -0.0333. The third kappa shape index (κ3) is 4.06. The van der Waals surface area contributed by atoms with Gasteiger partial charge in [-0.2, -0.15) is 0 Å². The molecule has 1 heterocycles. The highest BCUT2D eigenvalue weighted by atomic mass is 32.2. The van der Waals surface area contributed by atoms with Gasteiger partial charge < -0.3 is 11.1 Å². The fraction of sp³-hybridized carbons (Fsp3) is 0.286. The Hall–Kier alpha value is -1.37. The zero-order valence-electron chi connectivity index (χ0n) is 11.3. The van der Waals surface area contributed by atoms with Crippen LogP contribution in [0.2, 0.25) is 0 Å².